The van der Waals surface area contributed by atoms with Gasteiger partial charge < -0.3 is 25.4 Å². The number of rotatable bonds is 10. The Kier molecular flexibility index (Phi) is 8.00. The molecule has 3 aliphatic heterocycles. The van der Waals surface area contributed by atoms with Crippen LogP contribution in [0.5, 0.6) is 5.75 Å². The van der Waals surface area contributed by atoms with E-state index in [0.717, 1.165) is 44.3 Å². The smallest absolute Gasteiger partial charge is 0.244 e. The van der Waals surface area contributed by atoms with Crippen molar-refractivity contribution < 1.29 is 24.2 Å². The molecule has 1 aliphatic carbocycles. The minimum Gasteiger partial charge on any atom is -0.494 e. The van der Waals surface area contributed by atoms with Crippen LogP contribution >= 0.6 is 11.8 Å². The fourth-order valence-electron chi connectivity index (χ4n) is 6.94. The van der Waals surface area contributed by atoms with E-state index in [0.29, 0.717) is 31.7 Å². The molecule has 2 bridgehead atoms. The van der Waals surface area contributed by atoms with E-state index in [4.69, 9.17) is 4.74 Å². The molecular weight excluding hydrogens is 490 g/mol. The average Bonchev–Trinajstić information content (AvgIpc) is 3.54. The van der Waals surface area contributed by atoms with E-state index in [-0.39, 0.29) is 35.6 Å². The number of carbonyl (C=O) groups excluding carboxylic acids is 3. The molecule has 0 aromatic heterocycles. The lowest BCUT2D eigenvalue weighted by Gasteiger charge is -2.35. The predicted molar refractivity (Wildman–Crippen MR) is 143 cm³/mol. The summed E-state index contributed by atoms with van der Waals surface area (Å²) in [6, 6.07) is 6.88. The highest BCUT2D eigenvalue weighted by atomic mass is 32.2. The maximum Gasteiger partial charge on any atom is 0.244 e. The third-order valence-electron chi connectivity index (χ3n) is 8.54. The van der Waals surface area contributed by atoms with E-state index in [1.807, 2.05) is 31.2 Å². The number of aliphatic hydroxyl groups is 1. The number of ether oxygens (including phenoxy) is 1. The second kappa shape index (κ2) is 11.2. The molecule has 4 fully saturated rings. The minimum absolute atomic E-state index is 0.0289. The largest absolute Gasteiger partial charge is 0.494 e. The first-order chi connectivity index (χ1) is 18.0. The van der Waals surface area contributed by atoms with Gasteiger partial charge in [-0.2, -0.15) is 0 Å². The second-order valence-corrected chi connectivity index (χ2v) is 12.4. The summed E-state index contributed by atoms with van der Waals surface area (Å²) >= 11 is 1.70. The Labute approximate surface area is 223 Å². The lowest BCUT2D eigenvalue weighted by atomic mass is 9.70. The van der Waals surface area contributed by atoms with Crippen molar-refractivity contribution in [3.05, 3.63) is 24.3 Å². The van der Waals surface area contributed by atoms with Crippen LogP contribution in [0.2, 0.25) is 0 Å². The van der Waals surface area contributed by atoms with Gasteiger partial charge in [-0.05, 0) is 69.7 Å². The number of unbranched alkanes of at least 4 members (excludes halogenated alkanes) is 1. The Bertz CT molecular complexity index is 998. The van der Waals surface area contributed by atoms with Gasteiger partial charge >= 0.3 is 0 Å². The van der Waals surface area contributed by atoms with E-state index in [2.05, 4.69) is 10.6 Å². The highest BCUT2D eigenvalue weighted by molar-refractivity contribution is 8.02. The zero-order valence-electron chi connectivity index (χ0n) is 21.6. The lowest BCUT2D eigenvalue weighted by molar-refractivity contribution is -0.139. The zero-order valence-corrected chi connectivity index (χ0v) is 22.4. The minimum atomic E-state index is -0.569. The summed E-state index contributed by atoms with van der Waals surface area (Å²) in [4.78, 5) is 43.1. The predicted octanol–water partition coefficient (Wildman–Crippen LogP) is 3.34. The molecule has 9 heteroatoms. The molecule has 4 aliphatic rings. The summed E-state index contributed by atoms with van der Waals surface area (Å²) in [7, 11) is 0. The first kappa shape index (κ1) is 26.4. The highest BCUT2D eigenvalue weighted by Gasteiger charge is 2.73. The van der Waals surface area contributed by atoms with Crippen LogP contribution in [0.15, 0.2) is 24.3 Å². The van der Waals surface area contributed by atoms with Gasteiger partial charge in [0.15, 0.2) is 0 Å². The van der Waals surface area contributed by atoms with Gasteiger partial charge in [-0.25, -0.2) is 0 Å². The van der Waals surface area contributed by atoms with Crippen molar-refractivity contribution in [1.29, 1.82) is 0 Å². The number of nitrogens with zero attached hydrogens (tertiary/aromatic N) is 1. The lowest BCUT2D eigenvalue weighted by Crippen LogP contribution is -2.55. The number of nitrogens with one attached hydrogen (secondary N) is 2. The van der Waals surface area contributed by atoms with E-state index < -0.39 is 22.6 Å². The molecular formula is C28H39N3O5S. The molecule has 1 aromatic carbocycles. The van der Waals surface area contributed by atoms with Crippen molar-refractivity contribution >= 4 is 35.2 Å². The first-order valence-corrected chi connectivity index (χ1v) is 14.8. The maximum absolute atomic E-state index is 13.9. The molecule has 1 saturated carbocycles. The summed E-state index contributed by atoms with van der Waals surface area (Å²) in [5.74, 6) is -0.520. The number of anilines is 1. The molecule has 3 N–H and O–H groups in total. The van der Waals surface area contributed by atoms with Crippen LogP contribution in [0, 0.1) is 11.8 Å². The zero-order chi connectivity index (χ0) is 26.0. The first-order valence-electron chi connectivity index (χ1n) is 13.9. The Hall–Kier alpha value is -2.26. The molecule has 37 heavy (non-hydrogen) atoms. The fraction of sp³-hybridized carbons (Fsp3) is 0.679. The number of likely N-dealkylation sites (tertiary alicyclic amines) is 1. The van der Waals surface area contributed by atoms with Gasteiger partial charge in [0.1, 0.15) is 11.8 Å². The number of thioether (sulfide) groups is 1. The summed E-state index contributed by atoms with van der Waals surface area (Å²) < 4.78 is 4.93. The van der Waals surface area contributed by atoms with Crippen molar-refractivity contribution in [3.8, 4) is 5.75 Å². The second-order valence-electron chi connectivity index (χ2n) is 10.8. The summed E-state index contributed by atoms with van der Waals surface area (Å²) in [5.41, 5.74) is 0.673. The number of benzene rings is 1. The Morgan fingerprint density at radius 3 is 2.57 bits per heavy atom. The summed E-state index contributed by atoms with van der Waals surface area (Å²) in [5, 5.41) is 15.7. The standard InChI is InChI=1S/C28H39N3O5S/c1-2-36-20-12-10-19(11-13-20)29-25(33)22-21-14-15-28(37-21)23(22)27(35)31(16-6-7-17-32)24(28)26(34)30-18-8-4-3-5-9-18/h10-13,18,21-24,32H,2-9,14-17H2,1H3,(H,29,33)(H,30,34)/t21-,22+,23-,24?,28?/m0/s1. The topological polar surface area (TPSA) is 108 Å². The Balaban J connectivity index is 1.37. The monoisotopic (exact) mass is 529 g/mol. The van der Waals surface area contributed by atoms with Gasteiger partial charge in [0, 0.05) is 30.1 Å². The van der Waals surface area contributed by atoms with Crippen LogP contribution < -0.4 is 15.4 Å². The van der Waals surface area contributed by atoms with Crippen LogP contribution in [-0.2, 0) is 14.4 Å². The van der Waals surface area contributed by atoms with E-state index in [9.17, 15) is 19.5 Å². The van der Waals surface area contributed by atoms with Gasteiger partial charge in [0.2, 0.25) is 17.7 Å². The van der Waals surface area contributed by atoms with Gasteiger partial charge in [0.05, 0.1) is 23.2 Å². The average molecular weight is 530 g/mol. The van der Waals surface area contributed by atoms with Crippen LogP contribution in [0.1, 0.15) is 64.7 Å². The van der Waals surface area contributed by atoms with Crippen molar-refractivity contribution in [1.82, 2.24) is 10.2 Å². The van der Waals surface area contributed by atoms with E-state index >= 15 is 0 Å². The molecule has 1 spiro atoms. The normalized spacial score (nSPS) is 30.9. The summed E-state index contributed by atoms with van der Waals surface area (Å²) in [6.45, 7) is 2.98. The maximum atomic E-state index is 13.9. The molecule has 5 atom stereocenters. The summed E-state index contributed by atoms with van der Waals surface area (Å²) in [6.07, 6.45) is 8.21. The fourth-order valence-corrected chi connectivity index (χ4v) is 9.16. The van der Waals surface area contributed by atoms with Crippen molar-refractivity contribution in [3.63, 3.8) is 0 Å². The molecule has 8 nitrogen and oxygen atoms in total. The van der Waals surface area contributed by atoms with Crippen molar-refractivity contribution in [2.24, 2.45) is 11.8 Å². The molecule has 3 heterocycles. The Morgan fingerprint density at radius 2 is 1.86 bits per heavy atom. The third-order valence-corrected chi connectivity index (χ3v) is 10.5. The third kappa shape index (κ3) is 4.97. The molecule has 202 valence electrons. The number of fused-ring (bicyclic) bond motifs is 1. The molecule has 3 saturated heterocycles. The van der Waals surface area contributed by atoms with Gasteiger partial charge in [-0.15, -0.1) is 11.8 Å². The number of hydrogen-bond acceptors (Lipinski definition) is 6. The van der Waals surface area contributed by atoms with Crippen molar-refractivity contribution in [2.75, 3.05) is 25.1 Å². The molecule has 2 unspecified atom stereocenters. The molecule has 5 rings (SSSR count). The number of carbonyl (C=O) groups is 3. The van der Waals surface area contributed by atoms with Crippen LogP contribution in [0.4, 0.5) is 5.69 Å². The van der Waals surface area contributed by atoms with Gasteiger partial charge in [0.25, 0.3) is 0 Å². The number of aliphatic hydroxyl groups excluding tert-OH is 1. The van der Waals surface area contributed by atoms with Crippen LogP contribution in [0.3, 0.4) is 0 Å². The quantitative estimate of drug-likeness (QED) is 0.401. The Morgan fingerprint density at radius 1 is 1.11 bits per heavy atom. The highest BCUT2D eigenvalue weighted by Crippen LogP contribution is 2.66. The molecule has 1 aromatic rings. The van der Waals surface area contributed by atoms with Gasteiger partial charge in [-0.1, -0.05) is 19.3 Å². The number of amides is 3. The van der Waals surface area contributed by atoms with E-state index in [1.54, 1.807) is 16.7 Å². The van der Waals surface area contributed by atoms with Crippen LogP contribution in [0.25, 0.3) is 0 Å². The molecule has 3 amide bonds. The number of hydrogen-bond donors (Lipinski definition) is 3. The van der Waals surface area contributed by atoms with Crippen LogP contribution in [-0.4, -0.2) is 69.6 Å². The SMILES string of the molecule is CCOc1ccc(NC(=O)[C@@H]2[C@@H]3CCC4(S3)C(C(=O)NC3CCCCC3)N(CCCCO)C(=O)[C@H]24)cc1. The molecule has 0 radical (unpaired) electrons. The van der Waals surface area contributed by atoms with Crippen molar-refractivity contribution in [2.45, 2.75) is 86.8 Å². The van der Waals surface area contributed by atoms with E-state index in [1.165, 1.54) is 6.42 Å². The van der Waals surface area contributed by atoms with Gasteiger partial charge in [-0.3, -0.25) is 14.4 Å².